The number of fused-ring (bicyclic) bond motifs is 1. The van der Waals surface area contributed by atoms with Gasteiger partial charge in [-0.1, -0.05) is 19.1 Å². The van der Waals surface area contributed by atoms with Crippen molar-refractivity contribution in [2.24, 2.45) is 0 Å². The molecule has 1 atom stereocenters. The van der Waals surface area contributed by atoms with Crippen molar-refractivity contribution in [2.45, 2.75) is 32.2 Å². The zero-order valence-corrected chi connectivity index (χ0v) is 8.59. The first-order chi connectivity index (χ1) is 6.85. The third kappa shape index (κ3) is 1.62. The first kappa shape index (κ1) is 9.53. The fourth-order valence-electron chi connectivity index (χ4n) is 2.14. The number of hydrogen-bond donors (Lipinski definition) is 2. The van der Waals surface area contributed by atoms with Gasteiger partial charge in [-0.05, 0) is 36.5 Å². The van der Waals surface area contributed by atoms with E-state index < -0.39 is 0 Å². The molecule has 0 unspecified atom stereocenters. The molecule has 0 aliphatic carbocycles. The summed E-state index contributed by atoms with van der Waals surface area (Å²) in [4.78, 5) is 0. The van der Waals surface area contributed by atoms with Gasteiger partial charge in [0.15, 0.2) is 0 Å². The van der Waals surface area contributed by atoms with Crippen molar-refractivity contribution in [3.8, 4) is 0 Å². The number of rotatable bonds is 2. The fraction of sp³-hybridized carbons (Fsp3) is 0.500. The van der Waals surface area contributed by atoms with Gasteiger partial charge < -0.3 is 10.4 Å². The van der Waals surface area contributed by atoms with E-state index in [9.17, 15) is 0 Å². The second kappa shape index (κ2) is 4.01. The van der Waals surface area contributed by atoms with Gasteiger partial charge in [0, 0.05) is 11.7 Å². The van der Waals surface area contributed by atoms with Crippen LogP contribution in [0.3, 0.4) is 0 Å². The van der Waals surface area contributed by atoms with E-state index in [1.165, 1.54) is 16.8 Å². The van der Waals surface area contributed by atoms with Gasteiger partial charge in [-0.2, -0.15) is 0 Å². The second-order valence-corrected chi connectivity index (χ2v) is 3.86. The third-order valence-corrected chi connectivity index (χ3v) is 2.98. The molecule has 0 amide bonds. The topological polar surface area (TPSA) is 32.3 Å². The molecular formula is C12H17NO. The summed E-state index contributed by atoms with van der Waals surface area (Å²) in [6, 6.07) is 6.63. The summed E-state index contributed by atoms with van der Waals surface area (Å²) in [7, 11) is 0. The summed E-state index contributed by atoms with van der Waals surface area (Å²) in [6.45, 7) is 2.42. The molecule has 1 aromatic rings. The predicted molar refractivity (Wildman–Crippen MR) is 58.6 cm³/mol. The molecule has 2 rings (SSSR count). The summed E-state index contributed by atoms with van der Waals surface area (Å²) >= 11 is 0. The van der Waals surface area contributed by atoms with Gasteiger partial charge in [-0.15, -0.1) is 0 Å². The maximum absolute atomic E-state index is 9.08. The molecule has 14 heavy (non-hydrogen) atoms. The molecule has 1 aliphatic heterocycles. The minimum Gasteiger partial charge on any atom is -0.394 e. The summed E-state index contributed by atoms with van der Waals surface area (Å²) in [6.07, 6.45) is 3.23. The molecule has 0 saturated heterocycles. The molecule has 0 fully saturated rings. The van der Waals surface area contributed by atoms with E-state index in [4.69, 9.17) is 5.11 Å². The Kier molecular flexibility index (Phi) is 2.73. The Balaban J connectivity index is 2.30. The van der Waals surface area contributed by atoms with Crippen molar-refractivity contribution < 1.29 is 5.11 Å². The van der Waals surface area contributed by atoms with Crippen LogP contribution in [-0.4, -0.2) is 17.8 Å². The van der Waals surface area contributed by atoms with Gasteiger partial charge in [-0.3, -0.25) is 0 Å². The maximum Gasteiger partial charge on any atom is 0.0632 e. The molecule has 2 N–H and O–H groups in total. The standard InChI is InChI=1S/C12H17NO/c1-2-9-4-3-5-12-11(9)7-6-10(8-14)13-12/h3-5,10,13-14H,2,6-8H2,1H3/t10-/m0/s1. The van der Waals surface area contributed by atoms with E-state index in [1.807, 2.05) is 0 Å². The van der Waals surface area contributed by atoms with Crippen molar-refractivity contribution >= 4 is 5.69 Å². The van der Waals surface area contributed by atoms with Crippen LogP contribution < -0.4 is 5.32 Å². The predicted octanol–water partition coefficient (Wildman–Crippen LogP) is 1.97. The molecule has 0 radical (unpaired) electrons. The highest BCUT2D eigenvalue weighted by Gasteiger charge is 2.18. The minimum atomic E-state index is 0.232. The van der Waals surface area contributed by atoms with Crippen molar-refractivity contribution in [2.75, 3.05) is 11.9 Å². The van der Waals surface area contributed by atoms with Crippen molar-refractivity contribution in [1.82, 2.24) is 0 Å². The molecular weight excluding hydrogens is 174 g/mol. The number of anilines is 1. The normalized spacial score (nSPS) is 20.0. The highest BCUT2D eigenvalue weighted by Crippen LogP contribution is 2.27. The average Bonchev–Trinajstić information content (AvgIpc) is 2.27. The number of hydrogen-bond acceptors (Lipinski definition) is 2. The monoisotopic (exact) mass is 191 g/mol. The Morgan fingerprint density at radius 1 is 1.50 bits per heavy atom. The Hall–Kier alpha value is -1.02. The van der Waals surface area contributed by atoms with Crippen molar-refractivity contribution in [3.05, 3.63) is 29.3 Å². The lowest BCUT2D eigenvalue weighted by Crippen LogP contribution is -2.29. The summed E-state index contributed by atoms with van der Waals surface area (Å²) < 4.78 is 0. The van der Waals surface area contributed by atoms with Crippen LogP contribution in [0, 0.1) is 0 Å². The van der Waals surface area contributed by atoms with Crippen LogP contribution in [0.5, 0.6) is 0 Å². The van der Waals surface area contributed by atoms with Gasteiger partial charge in [0.05, 0.1) is 6.61 Å². The van der Waals surface area contributed by atoms with E-state index in [0.29, 0.717) is 0 Å². The van der Waals surface area contributed by atoms with Crippen LogP contribution in [-0.2, 0) is 12.8 Å². The second-order valence-electron chi connectivity index (χ2n) is 3.86. The quantitative estimate of drug-likeness (QED) is 0.749. The molecule has 1 aliphatic rings. The van der Waals surface area contributed by atoms with Crippen LogP contribution in [0.15, 0.2) is 18.2 Å². The first-order valence-electron chi connectivity index (χ1n) is 5.33. The molecule has 0 bridgehead atoms. The Labute approximate surface area is 85.0 Å². The van der Waals surface area contributed by atoms with Crippen molar-refractivity contribution in [1.29, 1.82) is 0 Å². The Morgan fingerprint density at radius 2 is 2.36 bits per heavy atom. The van der Waals surface area contributed by atoms with E-state index in [2.05, 4.69) is 30.4 Å². The van der Waals surface area contributed by atoms with Gasteiger partial charge in [-0.25, -0.2) is 0 Å². The van der Waals surface area contributed by atoms with Crippen LogP contribution in [0.2, 0.25) is 0 Å². The average molecular weight is 191 g/mol. The molecule has 0 saturated carbocycles. The lowest BCUT2D eigenvalue weighted by atomic mass is 9.93. The smallest absolute Gasteiger partial charge is 0.0632 e. The fourth-order valence-corrected chi connectivity index (χ4v) is 2.14. The zero-order chi connectivity index (χ0) is 9.97. The minimum absolute atomic E-state index is 0.232. The highest BCUT2D eigenvalue weighted by molar-refractivity contribution is 5.57. The van der Waals surface area contributed by atoms with E-state index in [0.717, 1.165) is 19.3 Å². The lowest BCUT2D eigenvalue weighted by Gasteiger charge is -2.27. The van der Waals surface area contributed by atoms with Crippen molar-refractivity contribution in [3.63, 3.8) is 0 Å². The Bertz CT molecular complexity index is 322. The zero-order valence-electron chi connectivity index (χ0n) is 8.59. The van der Waals surface area contributed by atoms with Crippen LogP contribution >= 0.6 is 0 Å². The van der Waals surface area contributed by atoms with Gasteiger partial charge in [0.2, 0.25) is 0 Å². The number of benzene rings is 1. The lowest BCUT2D eigenvalue weighted by molar-refractivity contribution is 0.267. The summed E-state index contributed by atoms with van der Waals surface area (Å²) in [5.74, 6) is 0. The molecule has 1 aromatic carbocycles. The van der Waals surface area contributed by atoms with E-state index in [1.54, 1.807) is 0 Å². The van der Waals surface area contributed by atoms with Crippen LogP contribution in [0.25, 0.3) is 0 Å². The SMILES string of the molecule is CCc1cccc2c1CC[C@@H](CO)N2. The highest BCUT2D eigenvalue weighted by atomic mass is 16.3. The molecule has 0 aromatic heterocycles. The number of nitrogens with one attached hydrogen (secondary N) is 1. The van der Waals surface area contributed by atoms with Gasteiger partial charge in [0.25, 0.3) is 0 Å². The largest absolute Gasteiger partial charge is 0.394 e. The van der Waals surface area contributed by atoms with Crippen LogP contribution in [0.4, 0.5) is 5.69 Å². The first-order valence-corrected chi connectivity index (χ1v) is 5.33. The molecule has 2 nitrogen and oxygen atoms in total. The third-order valence-electron chi connectivity index (χ3n) is 2.98. The molecule has 76 valence electrons. The Morgan fingerprint density at radius 3 is 3.07 bits per heavy atom. The maximum atomic E-state index is 9.08. The summed E-state index contributed by atoms with van der Waals surface area (Å²) in [5.41, 5.74) is 4.10. The number of aliphatic hydroxyl groups is 1. The molecule has 1 heterocycles. The number of aryl methyl sites for hydroxylation is 1. The molecule has 0 spiro atoms. The van der Waals surface area contributed by atoms with Crippen LogP contribution in [0.1, 0.15) is 24.5 Å². The van der Waals surface area contributed by atoms with E-state index in [-0.39, 0.29) is 12.6 Å². The summed E-state index contributed by atoms with van der Waals surface area (Å²) in [5, 5.41) is 12.5. The van der Waals surface area contributed by atoms with Gasteiger partial charge in [0.1, 0.15) is 0 Å². The molecule has 2 heteroatoms. The van der Waals surface area contributed by atoms with E-state index >= 15 is 0 Å². The number of aliphatic hydroxyl groups excluding tert-OH is 1. The van der Waals surface area contributed by atoms with Gasteiger partial charge >= 0.3 is 0 Å².